The third-order valence-corrected chi connectivity index (χ3v) is 2.75. The largest absolute Gasteiger partial charge is 0.506 e. The van der Waals surface area contributed by atoms with Crippen LogP contribution in [0.1, 0.15) is 39.4 Å². The normalized spacial score (nSPS) is 15.6. The van der Waals surface area contributed by atoms with E-state index in [0.717, 1.165) is 0 Å². The van der Waals surface area contributed by atoms with Crippen molar-refractivity contribution >= 4 is 11.6 Å². The molecule has 0 radical (unpaired) electrons. The Kier molecular flexibility index (Phi) is 4.42. The van der Waals surface area contributed by atoms with E-state index in [4.69, 9.17) is 11.6 Å². The molecule has 1 aromatic carbocycles. The highest BCUT2D eigenvalue weighted by atomic mass is 35.5. The van der Waals surface area contributed by atoms with Crippen LogP contribution in [0.3, 0.4) is 0 Å². The van der Waals surface area contributed by atoms with E-state index in [1.165, 1.54) is 6.07 Å². The number of aliphatic hydroxyl groups is 1. The number of benzene rings is 1. The predicted octanol–water partition coefficient (Wildman–Crippen LogP) is 2.86. The van der Waals surface area contributed by atoms with E-state index in [9.17, 15) is 10.2 Å². The number of aliphatic hydroxyl groups excluding tert-OH is 1. The fourth-order valence-corrected chi connectivity index (χ4v) is 1.95. The molecule has 0 saturated carbocycles. The first-order valence-corrected chi connectivity index (χ1v) is 6.02. The molecule has 0 saturated heterocycles. The van der Waals surface area contributed by atoms with Gasteiger partial charge in [0.25, 0.3) is 0 Å². The van der Waals surface area contributed by atoms with E-state index in [0.29, 0.717) is 5.56 Å². The molecule has 1 rings (SSSR count). The Morgan fingerprint density at radius 2 is 1.88 bits per heavy atom. The van der Waals surface area contributed by atoms with Crippen LogP contribution in [0.2, 0.25) is 5.02 Å². The Balaban J connectivity index is 2.81. The molecule has 0 heterocycles. The van der Waals surface area contributed by atoms with Crippen LogP contribution in [0, 0.1) is 0 Å². The summed E-state index contributed by atoms with van der Waals surface area (Å²) in [6, 6.07) is 4.65. The molecule has 0 aliphatic carbocycles. The summed E-state index contributed by atoms with van der Waals surface area (Å²) in [7, 11) is 0. The lowest BCUT2D eigenvalue weighted by Crippen LogP contribution is -2.44. The van der Waals surface area contributed by atoms with Gasteiger partial charge in [-0.15, -0.1) is 0 Å². The van der Waals surface area contributed by atoms with E-state index < -0.39 is 6.10 Å². The van der Waals surface area contributed by atoms with Gasteiger partial charge in [-0.1, -0.05) is 17.7 Å². The number of hydrogen-bond acceptors (Lipinski definition) is 3. The Morgan fingerprint density at radius 3 is 2.35 bits per heavy atom. The standard InChI is InChI=1S/C13H20ClNO2/c1-8(15-13(2,3)4)12(17)9-5-6-11(16)10(14)7-9/h5-8,12,15-17H,1-4H3/t8-,12-/m0/s1. The zero-order valence-corrected chi connectivity index (χ0v) is 11.4. The van der Waals surface area contributed by atoms with Crippen LogP contribution in [0.15, 0.2) is 18.2 Å². The molecule has 0 aliphatic heterocycles. The summed E-state index contributed by atoms with van der Waals surface area (Å²) in [6.07, 6.45) is -0.660. The first-order valence-electron chi connectivity index (χ1n) is 5.65. The van der Waals surface area contributed by atoms with Gasteiger partial charge in [-0.2, -0.15) is 0 Å². The van der Waals surface area contributed by atoms with E-state index in [1.54, 1.807) is 12.1 Å². The zero-order chi connectivity index (χ0) is 13.2. The van der Waals surface area contributed by atoms with Gasteiger partial charge >= 0.3 is 0 Å². The van der Waals surface area contributed by atoms with Gasteiger partial charge in [-0.25, -0.2) is 0 Å². The highest BCUT2D eigenvalue weighted by Gasteiger charge is 2.21. The predicted molar refractivity (Wildman–Crippen MR) is 70.4 cm³/mol. The van der Waals surface area contributed by atoms with Crippen LogP contribution in [0.25, 0.3) is 0 Å². The molecule has 96 valence electrons. The van der Waals surface area contributed by atoms with Crippen molar-refractivity contribution < 1.29 is 10.2 Å². The number of phenolic OH excluding ortho intramolecular Hbond substituents is 1. The molecule has 3 nitrogen and oxygen atoms in total. The van der Waals surface area contributed by atoms with Crippen LogP contribution in [-0.2, 0) is 0 Å². The lowest BCUT2D eigenvalue weighted by Gasteiger charge is -2.29. The van der Waals surface area contributed by atoms with Crippen LogP contribution in [0.4, 0.5) is 0 Å². The summed E-state index contributed by atoms with van der Waals surface area (Å²) in [4.78, 5) is 0. The monoisotopic (exact) mass is 257 g/mol. The van der Waals surface area contributed by atoms with Gasteiger partial charge < -0.3 is 15.5 Å². The second-order valence-corrected chi connectivity index (χ2v) is 5.75. The van der Waals surface area contributed by atoms with E-state index in [2.05, 4.69) is 5.32 Å². The number of nitrogens with one attached hydrogen (secondary N) is 1. The molecule has 2 atom stereocenters. The van der Waals surface area contributed by atoms with Gasteiger partial charge in [0, 0.05) is 11.6 Å². The molecule has 0 spiro atoms. The van der Waals surface area contributed by atoms with Crippen molar-refractivity contribution in [1.29, 1.82) is 0 Å². The van der Waals surface area contributed by atoms with Gasteiger partial charge in [-0.05, 0) is 45.4 Å². The molecule has 4 heteroatoms. The molecule has 0 fully saturated rings. The third-order valence-electron chi connectivity index (χ3n) is 2.45. The van der Waals surface area contributed by atoms with E-state index in [1.807, 2.05) is 27.7 Å². The number of phenols is 1. The Morgan fingerprint density at radius 1 is 1.29 bits per heavy atom. The minimum absolute atomic E-state index is 0.0269. The second kappa shape index (κ2) is 5.25. The van der Waals surface area contributed by atoms with Gasteiger partial charge in [0.1, 0.15) is 5.75 Å². The summed E-state index contributed by atoms with van der Waals surface area (Å²) in [5, 5.41) is 23.0. The molecule has 3 N–H and O–H groups in total. The number of rotatable bonds is 3. The maximum Gasteiger partial charge on any atom is 0.134 e. The maximum absolute atomic E-state index is 10.2. The van der Waals surface area contributed by atoms with Crippen molar-refractivity contribution in [1.82, 2.24) is 5.32 Å². The maximum atomic E-state index is 10.2. The number of halogens is 1. The van der Waals surface area contributed by atoms with E-state index >= 15 is 0 Å². The summed E-state index contributed by atoms with van der Waals surface area (Å²) in [5.74, 6) is 0.0269. The third kappa shape index (κ3) is 4.19. The Hall–Kier alpha value is -0.770. The van der Waals surface area contributed by atoms with Crippen LogP contribution >= 0.6 is 11.6 Å². The fraction of sp³-hybridized carbons (Fsp3) is 0.538. The fourth-order valence-electron chi connectivity index (χ4n) is 1.76. The van der Waals surface area contributed by atoms with Gasteiger partial charge in [0.05, 0.1) is 11.1 Å². The molecule has 1 aromatic rings. The average molecular weight is 258 g/mol. The lowest BCUT2D eigenvalue weighted by molar-refractivity contribution is 0.121. The summed E-state index contributed by atoms with van der Waals surface area (Å²) in [6.45, 7) is 8.04. The molecule has 0 unspecified atom stereocenters. The van der Waals surface area contributed by atoms with Gasteiger partial charge in [0.2, 0.25) is 0 Å². The summed E-state index contributed by atoms with van der Waals surface area (Å²) in [5.41, 5.74) is 0.623. The van der Waals surface area contributed by atoms with Crippen molar-refractivity contribution in [2.24, 2.45) is 0 Å². The molecule has 0 bridgehead atoms. The van der Waals surface area contributed by atoms with E-state index in [-0.39, 0.29) is 22.4 Å². The highest BCUT2D eigenvalue weighted by molar-refractivity contribution is 6.32. The quantitative estimate of drug-likeness (QED) is 0.781. The first-order chi connectivity index (χ1) is 7.70. The highest BCUT2D eigenvalue weighted by Crippen LogP contribution is 2.28. The molecular formula is C13H20ClNO2. The van der Waals surface area contributed by atoms with Gasteiger partial charge in [-0.3, -0.25) is 0 Å². The van der Waals surface area contributed by atoms with Crippen molar-refractivity contribution in [3.63, 3.8) is 0 Å². The molecule has 0 aliphatic rings. The zero-order valence-electron chi connectivity index (χ0n) is 10.7. The summed E-state index contributed by atoms with van der Waals surface area (Å²) >= 11 is 5.81. The topological polar surface area (TPSA) is 52.5 Å². The van der Waals surface area contributed by atoms with Crippen molar-refractivity contribution in [2.45, 2.75) is 45.4 Å². The molecule has 0 aromatic heterocycles. The lowest BCUT2D eigenvalue weighted by atomic mass is 10.00. The van der Waals surface area contributed by atoms with Crippen LogP contribution in [0.5, 0.6) is 5.75 Å². The van der Waals surface area contributed by atoms with Crippen molar-refractivity contribution in [2.75, 3.05) is 0 Å². The van der Waals surface area contributed by atoms with Gasteiger partial charge in [0.15, 0.2) is 0 Å². The van der Waals surface area contributed by atoms with Crippen molar-refractivity contribution in [3.8, 4) is 5.75 Å². The smallest absolute Gasteiger partial charge is 0.134 e. The van der Waals surface area contributed by atoms with Crippen LogP contribution in [-0.4, -0.2) is 21.8 Å². The van der Waals surface area contributed by atoms with Crippen LogP contribution < -0.4 is 5.32 Å². The summed E-state index contributed by atoms with van der Waals surface area (Å²) < 4.78 is 0. The second-order valence-electron chi connectivity index (χ2n) is 5.34. The Labute approximate surface area is 107 Å². The molecule has 0 amide bonds. The van der Waals surface area contributed by atoms with Crippen molar-refractivity contribution in [3.05, 3.63) is 28.8 Å². The number of aromatic hydroxyl groups is 1. The number of hydrogen-bond donors (Lipinski definition) is 3. The minimum atomic E-state index is -0.660. The Bertz CT molecular complexity index is 387. The minimum Gasteiger partial charge on any atom is -0.506 e. The molecule has 17 heavy (non-hydrogen) atoms. The average Bonchev–Trinajstić information content (AvgIpc) is 2.18. The molecular weight excluding hydrogens is 238 g/mol. The first kappa shape index (κ1) is 14.3. The SMILES string of the molecule is C[C@H](NC(C)(C)C)[C@H](O)c1ccc(O)c(Cl)c1.